The molecule has 6 nitrogen and oxygen atoms in total. The van der Waals surface area contributed by atoms with Gasteiger partial charge in [0.25, 0.3) is 0 Å². The Bertz CT molecular complexity index is 524. The van der Waals surface area contributed by atoms with E-state index in [1.807, 2.05) is 24.6 Å². The molecule has 2 heterocycles. The molecule has 0 saturated carbocycles. The van der Waals surface area contributed by atoms with Gasteiger partial charge in [0.05, 0.1) is 12.1 Å². The Kier molecular flexibility index (Phi) is 4.98. The van der Waals surface area contributed by atoms with Crippen molar-refractivity contribution in [2.75, 3.05) is 6.54 Å². The van der Waals surface area contributed by atoms with Crippen molar-refractivity contribution in [2.24, 2.45) is 0 Å². The van der Waals surface area contributed by atoms with Crippen LogP contribution in [0.5, 0.6) is 0 Å². The molecule has 1 unspecified atom stereocenters. The molecule has 1 fully saturated rings. The van der Waals surface area contributed by atoms with Crippen molar-refractivity contribution in [1.82, 2.24) is 14.7 Å². The van der Waals surface area contributed by atoms with Gasteiger partial charge in [-0.2, -0.15) is 5.10 Å². The maximum Gasteiger partial charge on any atom is 0.305 e. The molecule has 1 atom stereocenters. The fourth-order valence-corrected chi connectivity index (χ4v) is 2.99. The van der Waals surface area contributed by atoms with Crippen LogP contribution in [0.15, 0.2) is 6.07 Å². The fourth-order valence-electron chi connectivity index (χ4n) is 2.99. The zero-order chi connectivity index (χ0) is 15.4. The molecule has 2 rings (SSSR count). The lowest BCUT2D eigenvalue weighted by molar-refractivity contribution is -0.142. The van der Waals surface area contributed by atoms with Crippen LogP contribution in [0.2, 0.25) is 0 Å². The third-order valence-corrected chi connectivity index (χ3v) is 4.00. The fraction of sp³-hybridized carbons (Fsp3) is 0.667. The number of carboxylic acids is 1. The first-order valence-electron chi connectivity index (χ1n) is 7.49. The topological polar surface area (TPSA) is 75.4 Å². The number of hydrogen-bond acceptors (Lipinski definition) is 3. The summed E-state index contributed by atoms with van der Waals surface area (Å²) >= 11 is 0. The first-order chi connectivity index (χ1) is 9.97. The van der Waals surface area contributed by atoms with Gasteiger partial charge < -0.3 is 10.0 Å². The highest BCUT2D eigenvalue weighted by molar-refractivity contribution is 5.77. The minimum absolute atomic E-state index is 0.0357. The van der Waals surface area contributed by atoms with Crippen LogP contribution >= 0.6 is 0 Å². The van der Waals surface area contributed by atoms with E-state index in [-0.39, 0.29) is 18.4 Å². The molecular formula is C15H23N3O3. The zero-order valence-corrected chi connectivity index (χ0v) is 12.7. The third kappa shape index (κ3) is 4.06. The minimum Gasteiger partial charge on any atom is -0.481 e. The van der Waals surface area contributed by atoms with Gasteiger partial charge in [0.2, 0.25) is 5.91 Å². The predicted octanol–water partition coefficient (Wildman–Crippen LogP) is 1.75. The number of rotatable bonds is 5. The first-order valence-corrected chi connectivity index (χ1v) is 7.49. The molecule has 0 radical (unpaired) electrons. The Labute approximate surface area is 124 Å². The van der Waals surface area contributed by atoms with Crippen molar-refractivity contribution in [3.8, 4) is 0 Å². The van der Waals surface area contributed by atoms with Crippen LogP contribution in [-0.4, -0.2) is 44.3 Å². The van der Waals surface area contributed by atoms with Gasteiger partial charge in [-0.05, 0) is 39.2 Å². The highest BCUT2D eigenvalue weighted by Crippen LogP contribution is 2.20. The molecule has 116 valence electrons. The van der Waals surface area contributed by atoms with Crippen molar-refractivity contribution in [3.05, 3.63) is 17.5 Å². The smallest absolute Gasteiger partial charge is 0.305 e. The molecule has 1 saturated heterocycles. The molecule has 21 heavy (non-hydrogen) atoms. The van der Waals surface area contributed by atoms with E-state index in [0.717, 1.165) is 30.7 Å². The highest BCUT2D eigenvalue weighted by Gasteiger charge is 2.28. The van der Waals surface area contributed by atoms with Crippen LogP contribution in [0.25, 0.3) is 0 Å². The Balaban J connectivity index is 1.94. The Hall–Kier alpha value is -1.85. The maximum absolute atomic E-state index is 12.4. The van der Waals surface area contributed by atoms with E-state index in [9.17, 15) is 9.59 Å². The minimum atomic E-state index is -0.835. The normalized spacial score (nSPS) is 18.8. The van der Waals surface area contributed by atoms with Crippen molar-refractivity contribution in [2.45, 2.75) is 58.5 Å². The number of carbonyl (C=O) groups excluding carboxylic acids is 1. The Morgan fingerprint density at radius 3 is 2.76 bits per heavy atom. The monoisotopic (exact) mass is 293 g/mol. The molecule has 0 aromatic carbocycles. The number of aromatic nitrogens is 2. The number of hydrogen-bond donors (Lipinski definition) is 1. The van der Waals surface area contributed by atoms with Crippen LogP contribution in [0.4, 0.5) is 0 Å². The van der Waals surface area contributed by atoms with Crippen LogP contribution in [0.3, 0.4) is 0 Å². The van der Waals surface area contributed by atoms with Gasteiger partial charge in [-0.3, -0.25) is 14.3 Å². The summed E-state index contributed by atoms with van der Waals surface area (Å²) in [6.07, 6.45) is 3.17. The van der Waals surface area contributed by atoms with E-state index >= 15 is 0 Å². The Morgan fingerprint density at radius 2 is 2.14 bits per heavy atom. The molecule has 6 heteroatoms. The van der Waals surface area contributed by atoms with Gasteiger partial charge in [0.15, 0.2) is 0 Å². The number of amides is 1. The van der Waals surface area contributed by atoms with Crippen LogP contribution in [0.1, 0.15) is 43.5 Å². The lowest BCUT2D eigenvalue weighted by atomic mass is 9.99. The van der Waals surface area contributed by atoms with Gasteiger partial charge in [-0.25, -0.2) is 0 Å². The van der Waals surface area contributed by atoms with E-state index in [4.69, 9.17) is 5.11 Å². The van der Waals surface area contributed by atoms with Gasteiger partial charge in [0, 0.05) is 31.2 Å². The molecule has 0 aliphatic carbocycles. The first kappa shape index (κ1) is 15.5. The molecule has 1 aliphatic rings. The second-order valence-corrected chi connectivity index (χ2v) is 5.73. The van der Waals surface area contributed by atoms with Crippen molar-refractivity contribution in [3.63, 3.8) is 0 Å². The number of aryl methyl sites for hydroxylation is 3. The van der Waals surface area contributed by atoms with Crippen LogP contribution in [0, 0.1) is 13.8 Å². The summed E-state index contributed by atoms with van der Waals surface area (Å²) in [7, 11) is 0. The summed E-state index contributed by atoms with van der Waals surface area (Å²) in [6.45, 7) is 5.13. The summed E-state index contributed by atoms with van der Waals surface area (Å²) in [5.74, 6) is -0.799. The number of nitrogens with zero attached hydrogens (tertiary/aromatic N) is 3. The second kappa shape index (κ2) is 6.74. The second-order valence-electron chi connectivity index (χ2n) is 5.73. The van der Waals surface area contributed by atoms with Crippen molar-refractivity contribution < 1.29 is 14.7 Å². The zero-order valence-electron chi connectivity index (χ0n) is 12.7. The third-order valence-electron chi connectivity index (χ3n) is 4.00. The average molecular weight is 293 g/mol. The molecular weight excluding hydrogens is 270 g/mol. The molecule has 0 spiro atoms. The summed E-state index contributed by atoms with van der Waals surface area (Å²) in [5.41, 5.74) is 1.99. The number of aliphatic carboxylic acids is 1. The molecule has 1 aromatic rings. The molecule has 1 aromatic heterocycles. The predicted molar refractivity (Wildman–Crippen MR) is 77.9 cm³/mol. The van der Waals surface area contributed by atoms with Gasteiger partial charge in [0.1, 0.15) is 0 Å². The summed E-state index contributed by atoms with van der Waals surface area (Å²) < 4.78 is 1.84. The van der Waals surface area contributed by atoms with E-state index in [1.54, 1.807) is 4.90 Å². The molecule has 0 bridgehead atoms. The molecule has 1 N–H and O–H groups in total. The molecule has 1 amide bonds. The standard InChI is InChI=1S/C15H23N3O3/c1-11-9-12(2)18(16-11)8-6-14(19)17-7-4-3-5-13(17)10-15(20)21/h9,13H,3-8,10H2,1-2H3,(H,20,21). The largest absolute Gasteiger partial charge is 0.481 e. The van der Waals surface area contributed by atoms with E-state index in [2.05, 4.69) is 5.10 Å². The van der Waals surface area contributed by atoms with Crippen molar-refractivity contribution in [1.29, 1.82) is 0 Å². The molecule has 1 aliphatic heterocycles. The highest BCUT2D eigenvalue weighted by atomic mass is 16.4. The summed E-state index contributed by atoms with van der Waals surface area (Å²) in [5, 5.41) is 13.3. The van der Waals surface area contributed by atoms with Crippen LogP contribution < -0.4 is 0 Å². The number of likely N-dealkylation sites (tertiary alicyclic amines) is 1. The number of carboxylic acid groups (broad SMARTS) is 1. The van der Waals surface area contributed by atoms with Gasteiger partial charge >= 0.3 is 5.97 Å². The van der Waals surface area contributed by atoms with E-state index in [0.29, 0.717) is 19.5 Å². The van der Waals surface area contributed by atoms with E-state index < -0.39 is 5.97 Å². The van der Waals surface area contributed by atoms with E-state index in [1.165, 1.54) is 0 Å². The summed E-state index contributed by atoms with van der Waals surface area (Å²) in [6, 6.07) is 1.84. The Morgan fingerprint density at radius 1 is 1.38 bits per heavy atom. The quantitative estimate of drug-likeness (QED) is 0.897. The average Bonchev–Trinajstić information content (AvgIpc) is 2.74. The van der Waals surface area contributed by atoms with Gasteiger partial charge in [-0.1, -0.05) is 0 Å². The summed E-state index contributed by atoms with van der Waals surface area (Å²) in [4.78, 5) is 25.0. The number of carbonyl (C=O) groups is 2. The van der Waals surface area contributed by atoms with Crippen LogP contribution in [-0.2, 0) is 16.1 Å². The number of piperidine rings is 1. The SMILES string of the molecule is Cc1cc(C)n(CCC(=O)N2CCCCC2CC(=O)O)n1. The van der Waals surface area contributed by atoms with Gasteiger partial charge in [-0.15, -0.1) is 0 Å². The maximum atomic E-state index is 12.4. The lowest BCUT2D eigenvalue weighted by Gasteiger charge is -2.35. The van der Waals surface area contributed by atoms with Crippen molar-refractivity contribution >= 4 is 11.9 Å². The lowest BCUT2D eigenvalue weighted by Crippen LogP contribution is -2.45.